The van der Waals surface area contributed by atoms with Crippen LogP contribution in [0.3, 0.4) is 0 Å². The molecule has 0 spiro atoms. The van der Waals surface area contributed by atoms with Gasteiger partial charge in [0.1, 0.15) is 22.9 Å². The van der Waals surface area contributed by atoms with Crippen LogP contribution in [0.1, 0.15) is 24.1 Å². The Morgan fingerprint density at radius 3 is 2.38 bits per heavy atom. The van der Waals surface area contributed by atoms with E-state index >= 15 is 0 Å². The number of phenolic OH excluding ortho intramolecular Hbond substituents is 1. The number of ether oxygens (including phenoxy) is 1. The molecule has 3 rings (SSSR count). The fraction of sp³-hybridized carbons (Fsp3) is 0.200. The van der Waals surface area contributed by atoms with Gasteiger partial charge in [0.05, 0.1) is 12.7 Å². The van der Waals surface area contributed by atoms with Gasteiger partial charge in [0, 0.05) is 11.7 Å². The van der Waals surface area contributed by atoms with Crippen LogP contribution in [0.2, 0.25) is 0 Å². The molecule has 1 atom stereocenters. The maximum absolute atomic E-state index is 13.0. The number of hydrogen-bond donors (Lipinski definition) is 3. The van der Waals surface area contributed by atoms with Crippen molar-refractivity contribution in [3.8, 4) is 11.5 Å². The van der Waals surface area contributed by atoms with E-state index in [9.17, 15) is 27.9 Å². The summed E-state index contributed by atoms with van der Waals surface area (Å²) in [5.41, 5.74) is -2.31. The molecule has 0 amide bonds. The lowest BCUT2D eigenvalue weighted by Crippen LogP contribution is -2.37. The second kappa shape index (κ2) is 7.50. The second-order valence-electron chi connectivity index (χ2n) is 6.41. The SMILES string of the molecule is COc1cccc([C@@H](C)Nc2c(Nc3ccc(O)c(C(F)(F)F)c3)c(=O)c2=O)c1. The molecule has 152 valence electrons. The first kappa shape index (κ1) is 20.2. The molecule has 3 N–H and O–H groups in total. The predicted molar refractivity (Wildman–Crippen MR) is 103 cm³/mol. The van der Waals surface area contributed by atoms with E-state index in [0.29, 0.717) is 11.8 Å². The van der Waals surface area contributed by atoms with Gasteiger partial charge in [-0.05, 0) is 42.8 Å². The monoisotopic (exact) mass is 406 g/mol. The van der Waals surface area contributed by atoms with Gasteiger partial charge in [-0.1, -0.05) is 12.1 Å². The van der Waals surface area contributed by atoms with Crippen molar-refractivity contribution in [3.63, 3.8) is 0 Å². The standard InChI is InChI=1S/C20H17F3N2O4/c1-10(11-4-3-5-13(8-11)29-2)24-16-17(19(28)18(16)27)25-12-6-7-15(26)14(9-12)20(21,22)23/h3-10,24-26H,1-2H3/t10-/m1/s1. The molecule has 29 heavy (non-hydrogen) atoms. The number of halogens is 3. The van der Waals surface area contributed by atoms with E-state index in [2.05, 4.69) is 10.6 Å². The highest BCUT2D eigenvalue weighted by Gasteiger charge is 2.34. The molecule has 3 aromatic carbocycles. The average Bonchev–Trinajstić information content (AvgIpc) is 2.70. The minimum absolute atomic E-state index is 0.0213. The Kier molecular flexibility index (Phi) is 5.23. The molecular weight excluding hydrogens is 389 g/mol. The van der Waals surface area contributed by atoms with Gasteiger partial charge < -0.3 is 20.5 Å². The molecule has 0 unspecified atom stereocenters. The highest BCUT2D eigenvalue weighted by Crippen LogP contribution is 2.38. The molecule has 0 aromatic heterocycles. The van der Waals surface area contributed by atoms with E-state index in [-0.39, 0.29) is 23.1 Å². The number of methoxy groups -OCH3 is 1. The number of rotatable bonds is 6. The summed E-state index contributed by atoms with van der Waals surface area (Å²) in [4.78, 5) is 23.9. The summed E-state index contributed by atoms with van der Waals surface area (Å²) in [6, 6.07) is 9.41. The van der Waals surface area contributed by atoms with Crippen LogP contribution in [0.15, 0.2) is 52.1 Å². The lowest BCUT2D eigenvalue weighted by Gasteiger charge is -2.20. The van der Waals surface area contributed by atoms with Crippen molar-refractivity contribution in [1.29, 1.82) is 0 Å². The number of benzene rings is 2. The molecule has 0 aliphatic heterocycles. The van der Waals surface area contributed by atoms with Crippen LogP contribution in [-0.2, 0) is 6.18 Å². The quantitative estimate of drug-likeness (QED) is 0.425. The van der Waals surface area contributed by atoms with E-state index in [1.54, 1.807) is 31.2 Å². The van der Waals surface area contributed by atoms with E-state index in [1.165, 1.54) is 13.2 Å². The van der Waals surface area contributed by atoms with E-state index in [1.807, 2.05) is 0 Å². The molecule has 0 saturated carbocycles. The number of phenols is 1. The molecule has 0 heterocycles. The Balaban J connectivity index is 1.86. The first-order valence-electron chi connectivity index (χ1n) is 8.53. The van der Waals surface area contributed by atoms with Crippen LogP contribution < -0.4 is 26.2 Å². The van der Waals surface area contributed by atoms with E-state index in [4.69, 9.17) is 4.74 Å². The summed E-state index contributed by atoms with van der Waals surface area (Å²) in [6.07, 6.45) is -4.77. The fourth-order valence-corrected chi connectivity index (χ4v) is 2.84. The zero-order valence-corrected chi connectivity index (χ0v) is 15.4. The van der Waals surface area contributed by atoms with Gasteiger partial charge in [0.25, 0.3) is 10.9 Å². The van der Waals surface area contributed by atoms with Crippen LogP contribution in [0.4, 0.5) is 30.2 Å². The van der Waals surface area contributed by atoms with Gasteiger partial charge in [0.2, 0.25) is 0 Å². The fourth-order valence-electron chi connectivity index (χ4n) is 2.84. The summed E-state index contributed by atoms with van der Waals surface area (Å²) in [6.45, 7) is 1.76. The summed E-state index contributed by atoms with van der Waals surface area (Å²) < 4.78 is 44.0. The van der Waals surface area contributed by atoms with Gasteiger partial charge in [-0.15, -0.1) is 0 Å². The summed E-state index contributed by atoms with van der Waals surface area (Å²) in [5.74, 6) is -0.318. The van der Waals surface area contributed by atoms with E-state index in [0.717, 1.165) is 11.6 Å². The van der Waals surface area contributed by atoms with Gasteiger partial charge in [-0.2, -0.15) is 13.2 Å². The van der Waals surface area contributed by atoms with Crippen molar-refractivity contribution in [2.45, 2.75) is 19.1 Å². The minimum Gasteiger partial charge on any atom is -0.507 e. The van der Waals surface area contributed by atoms with Crippen LogP contribution in [0.5, 0.6) is 11.5 Å². The Bertz CT molecular complexity index is 1120. The lowest BCUT2D eigenvalue weighted by atomic mass is 10.1. The van der Waals surface area contributed by atoms with Crippen molar-refractivity contribution >= 4 is 17.1 Å². The van der Waals surface area contributed by atoms with Gasteiger partial charge in [-0.3, -0.25) is 9.59 Å². The largest absolute Gasteiger partial charge is 0.507 e. The number of alkyl halides is 3. The van der Waals surface area contributed by atoms with Crippen molar-refractivity contribution < 1.29 is 23.0 Å². The second-order valence-corrected chi connectivity index (χ2v) is 6.41. The van der Waals surface area contributed by atoms with Crippen LogP contribution >= 0.6 is 0 Å². The molecule has 0 bridgehead atoms. The predicted octanol–water partition coefficient (Wildman–Crippen LogP) is 3.93. The first-order chi connectivity index (χ1) is 13.6. The zero-order chi connectivity index (χ0) is 21.3. The summed E-state index contributed by atoms with van der Waals surface area (Å²) >= 11 is 0. The molecular formula is C20H17F3N2O4. The highest BCUT2D eigenvalue weighted by atomic mass is 19.4. The Hall–Kier alpha value is -3.49. The smallest absolute Gasteiger partial charge is 0.420 e. The van der Waals surface area contributed by atoms with Crippen molar-refractivity contribution in [2.75, 3.05) is 17.7 Å². The van der Waals surface area contributed by atoms with Gasteiger partial charge in [-0.25, -0.2) is 0 Å². The molecule has 3 aromatic rings. The van der Waals surface area contributed by atoms with Crippen molar-refractivity contribution in [1.82, 2.24) is 0 Å². The Morgan fingerprint density at radius 1 is 1.03 bits per heavy atom. The normalized spacial score (nSPS) is 12.6. The topological polar surface area (TPSA) is 87.7 Å². The van der Waals surface area contributed by atoms with Crippen LogP contribution in [-0.4, -0.2) is 12.2 Å². The average molecular weight is 406 g/mol. The molecule has 0 aliphatic carbocycles. The molecule has 6 nitrogen and oxygen atoms in total. The lowest BCUT2D eigenvalue weighted by molar-refractivity contribution is -0.138. The molecule has 0 saturated heterocycles. The molecule has 0 aliphatic rings. The van der Waals surface area contributed by atoms with Crippen LogP contribution in [0, 0.1) is 0 Å². The molecule has 9 heteroatoms. The maximum Gasteiger partial charge on any atom is 0.420 e. The molecule has 0 radical (unpaired) electrons. The summed E-state index contributed by atoms with van der Waals surface area (Å²) in [7, 11) is 1.52. The summed E-state index contributed by atoms with van der Waals surface area (Å²) in [5, 5.41) is 14.9. The maximum atomic E-state index is 13.0. The highest BCUT2D eigenvalue weighted by molar-refractivity contribution is 5.79. The third-order valence-electron chi connectivity index (χ3n) is 4.44. The van der Waals surface area contributed by atoms with E-state index < -0.39 is 28.3 Å². The number of anilines is 3. The van der Waals surface area contributed by atoms with Gasteiger partial charge in [0.15, 0.2) is 0 Å². The van der Waals surface area contributed by atoms with Gasteiger partial charge >= 0.3 is 6.18 Å². The number of nitrogens with one attached hydrogen (secondary N) is 2. The number of aromatic hydroxyl groups is 1. The molecule has 0 fully saturated rings. The van der Waals surface area contributed by atoms with Crippen molar-refractivity contribution in [3.05, 3.63) is 74.0 Å². The third kappa shape index (κ3) is 4.03. The Labute approximate surface area is 163 Å². The zero-order valence-electron chi connectivity index (χ0n) is 15.4. The minimum atomic E-state index is -4.77. The van der Waals surface area contributed by atoms with Crippen molar-refractivity contribution in [2.24, 2.45) is 0 Å². The third-order valence-corrected chi connectivity index (χ3v) is 4.44. The van der Waals surface area contributed by atoms with Crippen LogP contribution in [0.25, 0.3) is 0 Å². The number of hydrogen-bond acceptors (Lipinski definition) is 6. The first-order valence-corrected chi connectivity index (χ1v) is 8.53. The Morgan fingerprint density at radius 2 is 1.72 bits per heavy atom.